The second-order valence-electron chi connectivity index (χ2n) is 5.59. The fourth-order valence-electron chi connectivity index (χ4n) is 2.69. The van der Waals surface area contributed by atoms with Crippen LogP contribution in [0.25, 0.3) is 0 Å². The van der Waals surface area contributed by atoms with Crippen molar-refractivity contribution >= 4 is 23.3 Å². The smallest absolute Gasteiger partial charge is 0.317 e. The van der Waals surface area contributed by atoms with Crippen molar-refractivity contribution < 1.29 is 9.59 Å². The molecule has 6 nitrogen and oxygen atoms in total. The predicted octanol–water partition coefficient (Wildman–Crippen LogP) is 2.15. The van der Waals surface area contributed by atoms with E-state index in [1.54, 1.807) is 24.6 Å². The summed E-state index contributed by atoms with van der Waals surface area (Å²) in [5.74, 6) is 0.461. The molecule has 1 aliphatic heterocycles. The van der Waals surface area contributed by atoms with Crippen LogP contribution in [-0.2, 0) is 4.79 Å². The average Bonchev–Trinajstić information content (AvgIpc) is 3.07. The van der Waals surface area contributed by atoms with Crippen molar-refractivity contribution in [1.82, 2.24) is 20.5 Å². The maximum Gasteiger partial charge on any atom is 0.317 e. The van der Waals surface area contributed by atoms with Crippen LogP contribution in [0.5, 0.6) is 0 Å². The number of carbonyl (C=O) groups excluding carboxylic acids is 2. The van der Waals surface area contributed by atoms with Gasteiger partial charge in [-0.05, 0) is 25.2 Å². The van der Waals surface area contributed by atoms with Gasteiger partial charge in [0.25, 0.3) is 0 Å². The van der Waals surface area contributed by atoms with Crippen molar-refractivity contribution in [1.29, 1.82) is 0 Å². The standard InChI is InChI=1S/C15H24N4O2S/c1-3-12(14-17-6-9-22-14)18-15(21)19-7-4-11(5-8-19)10-13(20)16-2/h6,9,11-12H,3-5,7-8,10H2,1-2H3,(H,16,20)(H,18,21)/t12-/m0/s1. The van der Waals surface area contributed by atoms with Gasteiger partial charge in [0.05, 0.1) is 6.04 Å². The number of thiazole rings is 1. The Labute approximate surface area is 135 Å². The van der Waals surface area contributed by atoms with Crippen LogP contribution in [0, 0.1) is 5.92 Å². The summed E-state index contributed by atoms with van der Waals surface area (Å²) in [6, 6.07) is -0.0449. The molecule has 0 unspecified atom stereocenters. The SMILES string of the molecule is CC[C@H](NC(=O)N1CCC(CC(=O)NC)CC1)c1nccs1. The molecule has 0 saturated carbocycles. The Kier molecular flexibility index (Phi) is 6.18. The molecule has 0 radical (unpaired) electrons. The van der Waals surface area contributed by atoms with E-state index in [0.717, 1.165) is 24.3 Å². The molecule has 122 valence electrons. The van der Waals surface area contributed by atoms with Gasteiger partial charge >= 0.3 is 6.03 Å². The Morgan fingerprint density at radius 2 is 2.18 bits per heavy atom. The maximum atomic E-state index is 12.4. The van der Waals surface area contributed by atoms with Gasteiger partial charge < -0.3 is 15.5 Å². The minimum Gasteiger partial charge on any atom is -0.359 e. The quantitative estimate of drug-likeness (QED) is 0.871. The molecule has 0 aliphatic carbocycles. The number of amides is 3. The zero-order valence-corrected chi connectivity index (χ0v) is 14.0. The summed E-state index contributed by atoms with van der Waals surface area (Å²) in [4.78, 5) is 29.9. The van der Waals surface area contributed by atoms with Crippen LogP contribution >= 0.6 is 11.3 Å². The molecule has 7 heteroatoms. The van der Waals surface area contributed by atoms with Crippen molar-refractivity contribution in [2.75, 3.05) is 20.1 Å². The second kappa shape index (κ2) is 8.12. The molecule has 0 spiro atoms. The number of likely N-dealkylation sites (tertiary alicyclic amines) is 1. The zero-order chi connectivity index (χ0) is 15.9. The highest BCUT2D eigenvalue weighted by Gasteiger charge is 2.25. The van der Waals surface area contributed by atoms with E-state index in [0.29, 0.717) is 25.4 Å². The number of rotatable bonds is 5. The summed E-state index contributed by atoms with van der Waals surface area (Å²) < 4.78 is 0. The van der Waals surface area contributed by atoms with Crippen molar-refractivity contribution in [2.45, 2.75) is 38.6 Å². The number of urea groups is 1. The van der Waals surface area contributed by atoms with E-state index in [-0.39, 0.29) is 18.0 Å². The predicted molar refractivity (Wildman–Crippen MR) is 86.7 cm³/mol. The van der Waals surface area contributed by atoms with Crippen molar-refractivity contribution in [2.24, 2.45) is 5.92 Å². The Morgan fingerprint density at radius 1 is 1.45 bits per heavy atom. The molecular formula is C15H24N4O2S. The number of piperidine rings is 1. The van der Waals surface area contributed by atoms with Gasteiger partial charge in [0, 0.05) is 38.1 Å². The molecule has 1 fully saturated rings. The van der Waals surface area contributed by atoms with Gasteiger partial charge in [0.15, 0.2) is 0 Å². The largest absolute Gasteiger partial charge is 0.359 e. The fraction of sp³-hybridized carbons (Fsp3) is 0.667. The fourth-order valence-corrected chi connectivity index (χ4v) is 3.46. The topological polar surface area (TPSA) is 74.3 Å². The Morgan fingerprint density at radius 3 is 2.73 bits per heavy atom. The highest BCUT2D eigenvalue weighted by atomic mass is 32.1. The van der Waals surface area contributed by atoms with Gasteiger partial charge in [0.2, 0.25) is 5.91 Å². The lowest BCUT2D eigenvalue weighted by Crippen LogP contribution is -2.45. The van der Waals surface area contributed by atoms with E-state index in [4.69, 9.17) is 0 Å². The van der Waals surface area contributed by atoms with Crippen molar-refractivity contribution in [3.8, 4) is 0 Å². The van der Waals surface area contributed by atoms with Crippen LogP contribution < -0.4 is 10.6 Å². The third-order valence-corrected chi connectivity index (χ3v) is 5.00. The normalized spacial score (nSPS) is 17.1. The first-order valence-electron chi connectivity index (χ1n) is 7.79. The minimum atomic E-state index is -0.0274. The number of hydrogen-bond donors (Lipinski definition) is 2. The molecule has 2 N–H and O–H groups in total. The average molecular weight is 324 g/mol. The molecule has 2 heterocycles. The summed E-state index contributed by atoms with van der Waals surface area (Å²) in [5.41, 5.74) is 0. The van der Waals surface area contributed by atoms with E-state index < -0.39 is 0 Å². The minimum absolute atomic E-state index is 0.0175. The Hall–Kier alpha value is -1.63. The van der Waals surface area contributed by atoms with E-state index in [1.165, 1.54) is 0 Å². The summed E-state index contributed by atoms with van der Waals surface area (Å²) in [5, 5.41) is 8.59. The number of hydrogen-bond acceptors (Lipinski definition) is 4. The molecule has 22 heavy (non-hydrogen) atoms. The number of aromatic nitrogens is 1. The molecule has 1 atom stereocenters. The van der Waals surface area contributed by atoms with Crippen LogP contribution in [0.3, 0.4) is 0 Å². The third-order valence-electron chi connectivity index (χ3n) is 4.11. The Balaban J connectivity index is 1.81. The summed E-state index contributed by atoms with van der Waals surface area (Å²) in [7, 11) is 1.66. The van der Waals surface area contributed by atoms with E-state index in [2.05, 4.69) is 15.6 Å². The van der Waals surface area contributed by atoms with Crippen LogP contribution in [0.4, 0.5) is 4.79 Å². The summed E-state index contributed by atoms with van der Waals surface area (Å²) in [6.07, 6.45) is 4.91. The maximum absolute atomic E-state index is 12.4. The second-order valence-corrected chi connectivity index (χ2v) is 6.51. The first kappa shape index (κ1) is 16.7. The molecule has 1 aliphatic rings. The molecule has 1 aromatic rings. The van der Waals surface area contributed by atoms with Gasteiger partial charge in [-0.3, -0.25) is 4.79 Å². The lowest BCUT2D eigenvalue weighted by Gasteiger charge is -2.32. The monoisotopic (exact) mass is 324 g/mol. The third kappa shape index (κ3) is 4.43. The zero-order valence-electron chi connectivity index (χ0n) is 13.2. The molecular weight excluding hydrogens is 300 g/mol. The summed E-state index contributed by atoms with van der Waals surface area (Å²) in [6.45, 7) is 3.46. The molecule has 0 aromatic carbocycles. The van der Waals surface area contributed by atoms with Gasteiger partial charge in [0.1, 0.15) is 5.01 Å². The number of nitrogens with zero attached hydrogens (tertiary/aromatic N) is 2. The molecule has 1 saturated heterocycles. The molecule has 0 bridgehead atoms. The number of carbonyl (C=O) groups is 2. The Bertz CT molecular complexity index is 484. The molecule has 2 rings (SSSR count). The van der Waals surface area contributed by atoms with Crippen LogP contribution in [0.1, 0.15) is 43.7 Å². The van der Waals surface area contributed by atoms with E-state index >= 15 is 0 Å². The molecule has 1 aromatic heterocycles. The van der Waals surface area contributed by atoms with Crippen LogP contribution in [-0.4, -0.2) is 42.0 Å². The van der Waals surface area contributed by atoms with Gasteiger partial charge in [-0.25, -0.2) is 9.78 Å². The summed E-state index contributed by atoms with van der Waals surface area (Å²) >= 11 is 1.57. The number of nitrogens with one attached hydrogen (secondary N) is 2. The van der Waals surface area contributed by atoms with Crippen molar-refractivity contribution in [3.05, 3.63) is 16.6 Å². The van der Waals surface area contributed by atoms with Gasteiger partial charge in [-0.1, -0.05) is 6.92 Å². The van der Waals surface area contributed by atoms with E-state index in [9.17, 15) is 9.59 Å². The van der Waals surface area contributed by atoms with Gasteiger partial charge in [-0.15, -0.1) is 11.3 Å². The van der Waals surface area contributed by atoms with E-state index in [1.807, 2.05) is 17.2 Å². The highest BCUT2D eigenvalue weighted by molar-refractivity contribution is 7.09. The van der Waals surface area contributed by atoms with Crippen LogP contribution in [0.15, 0.2) is 11.6 Å². The van der Waals surface area contributed by atoms with Crippen LogP contribution in [0.2, 0.25) is 0 Å². The molecule has 3 amide bonds. The lowest BCUT2D eigenvalue weighted by atomic mass is 9.93. The lowest BCUT2D eigenvalue weighted by molar-refractivity contribution is -0.121. The van der Waals surface area contributed by atoms with Crippen molar-refractivity contribution in [3.63, 3.8) is 0 Å². The highest BCUT2D eigenvalue weighted by Crippen LogP contribution is 2.22. The first-order valence-corrected chi connectivity index (χ1v) is 8.67. The first-order chi connectivity index (χ1) is 10.6. The van der Waals surface area contributed by atoms with Gasteiger partial charge in [-0.2, -0.15) is 0 Å².